The van der Waals surface area contributed by atoms with Crippen molar-refractivity contribution in [2.24, 2.45) is 0 Å². The molecule has 0 spiro atoms. The Labute approximate surface area is 172 Å². The number of carbonyl (C=O) groups is 1. The van der Waals surface area contributed by atoms with E-state index in [2.05, 4.69) is 30.8 Å². The van der Waals surface area contributed by atoms with Gasteiger partial charge in [0.25, 0.3) is 5.91 Å². The summed E-state index contributed by atoms with van der Waals surface area (Å²) in [6.45, 7) is 4.79. The summed E-state index contributed by atoms with van der Waals surface area (Å²) >= 11 is 3.46. The van der Waals surface area contributed by atoms with Gasteiger partial charge in [-0.3, -0.25) is 4.79 Å². The van der Waals surface area contributed by atoms with Crippen LogP contribution in [0.5, 0.6) is 5.75 Å². The topological polar surface area (TPSA) is 61.5 Å². The summed E-state index contributed by atoms with van der Waals surface area (Å²) in [5.41, 5.74) is 2.00. The first-order chi connectivity index (χ1) is 13.6. The monoisotopic (exact) mass is 442 g/mol. The number of nitrogens with zero attached hydrogens (tertiary/aromatic N) is 3. The van der Waals surface area contributed by atoms with Crippen molar-refractivity contribution in [1.29, 1.82) is 0 Å². The molecule has 0 saturated carbocycles. The molecule has 0 aliphatic carbocycles. The SMILES string of the molecule is CC(Oc1ccccc1Br)C(=O)N1CCCN(c2nc3ccccc3[nH]2)CC1. The molecule has 1 fully saturated rings. The van der Waals surface area contributed by atoms with Crippen LogP contribution in [0.3, 0.4) is 0 Å². The molecule has 7 heteroatoms. The number of halogens is 1. The van der Waals surface area contributed by atoms with Crippen LogP contribution in [0.25, 0.3) is 11.0 Å². The fourth-order valence-electron chi connectivity index (χ4n) is 3.48. The summed E-state index contributed by atoms with van der Waals surface area (Å²) in [4.78, 5) is 25.1. The average Bonchev–Trinajstić information content (AvgIpc) is 2.98. The average molecular weight is 443 g/mol. The van der Waals surface area contributed by atoms with Crippen molar-refractivity contribution >= 4 is 38.8 Å². The lowest BCUT2D eigenvalue weighted by molar-refractivity contribution is -0.137. The summed E-state index contributed by atoms with van der Waals surface area (Å²) in [5.74, 6) is 1.57. The summed E-state index contributed by atoms with van der Waals surface area (Å²) in [5, 5.41) is 0. The Kier molecular flexibility index (Phi) is 5.52. The predicted molar refractivity (Wildman–Crippen MR) is 114 cm³/mol. The number of para-hydroxylation sites is 3. The van der Waals surface area contributed by atoms with Crippen LogP contribution in [-0.2, 0) is 4.79 Å². The van der Waals surface area contributed by atoms with Gasteiger partial charge in [0.2, 0.25) is 5.95 Å². The molecular weight excluding hydrogens is 420 g/mol. The van der Waals surface area contributed by atoms with E-state index in [0.29, 0.717) is 12.3 Å². The van der Waals surface area contributed by atoms with E-state index in [0.717, 1.165) is 47.5 Å². The maximum atomic E-state index is 12.9. The number of imidazole rings is 1. The van der Waals surface area contributed by atoms with Gasteiger partial charge in [0.1, 0.15) is 5.75 Å². The fourth-order valence-corrected chi connectivity index (χ4v) is 3.86. The van der Waals surface area contributed by atoms with Crippen LogP contribution >= 0.6 is 15.9 Å². The number of benzene rings is 2. The Hall–Kier alpha value is -2.54. The molecule has 6 nitrogen and oxygen atoms in total. The Bertz CT molecular complexity index is 941. The van der Waals surface area contributed by atoms with Crippen LogP contribution in [0, 0.1) is 0 Å². The van der Waals surface area contributed by atoms with Crippen LogP contribution in [0.2, 0.25) is 0 Å². The van der Waals surface area contributed by atoms with E-state index in [1.54, 1.807) is 0 Å². The number of aromatic nitrogens is 2. The molecule has 28 heavy (non-hydrogen) atoms. The molecule has 0 bridgehead atoms. The third-order valence-electron chi connectivity index (χ3n) is 4.97. The second-order valence-corrected chi connectivity index (χ2v) is 7.79. The van der Waals surface area contributed by atoms with Crippen molar-refractivity contribution < 1.29 is 9.53 Å². The molecule has 1 saturated heterocycles. The summed E-state index contributed by atoms with van der Waals surface area (Å²) < 4.78 is 6.73. The minimum atomic E-state index is -0.531. The number of hydrogen-bond donors (Lipinski definition) is 1. The zero-order valence-corrected chi connectivity index (χ0v) is 17.4. The minimum Gasteiger partial charge on any atom is -0.480 e. The third kappa shape index (κ3) is 3.99. The molecule has 1 amide bonds. The molecule has 1 atom stereocenters. The second-order valence-electron chi connectivity index (χ2n) is 6.93. The van der Waals surface area contributed by atoms with Gasteiger partial charge in [-0.1, -0.05) is 24.3 Å². The Balaban J connectivity index is 1.40. The number of fused-ring (bicyclic) bond motifs is 1. The van der Waals surface area contributed by atoms with E-state index < -0.39 is 6.10 Å². The summed E-state index contributed by atoms with van der Waals surface area (Å²) in [6, 6.07) is 15.6. The van der Waals surface area contributed by atoms with E-state index in [1.807, 2.05) is 60.4 Å². The van der Waals surface area contributed by atoms with Crippen LogP contribution in [-0.4, -0.2) is 53.1 Å². The predicted octanol–water partition coefficient (Wildman–Crippen LogP) is 3.83. The number of aromatic amines is 1. The van der Waals surface area contributed by atoms with Gasteiger partial charge < -0.3 is 19.5 Å². The van der Waals surface area contributed by atoms with Gasteiger partial charge in [-0.05, 0) is 53.5 Å². The molecule has 0 radical (unpaired) electrons. The number of H-pyrrole nitrogens is 1. The molecule has 3 aromatic rings. The summed E-state index contributed by atoms with van der Waals surface area (Å²) in [6.07, 6.45) is 0.362. The highest BCUT2D eigenvalue weighted by Crippen LogP contribution is 2.25. The highest BCUT2D eigenvalue weighted by molar-refractivity contribution is 9.10. The Morgan fingerprint density at radius 2 is 1.89 bits per heavy atom. The first kappa shape index (κ1) is 18.8. The first-order valence-corrected chi connectivity index (χ1v) is 10.3. The van der Waals surface area contributed by atoms with Gasteiger partial charge >= 0.3 is 0 Å². The highest BCUT2D eigenvalue weighted by Gasteiger charge is 2.25. The lowest BCUT2D eigenvalue weighted by atomic mass is 10.3. The van der Waals surface area contributed by atoms with Gasteiger partial charge in [0, 0.05) is 26.2 Å². The number of amides is 1. The number of anilines is 1. The second kappa shape index (κ2) is 8.22. The van der Waals surface area contributed by atoms with E-state index in [-0.39, 0.29) is 5.91 Å². The van der Waals surface area contributed by atoms with Crippen LogP contribution in [0.15, 0.2) is 53.0 Å². The maximum absolute atomic E-state index is 12.9. The van der Waals surface area contributed by atoms with Gasteiger partial charge in [-0.15, -0.1) is 0 Å². The normalized spacial score (nSPS) is 16.1. The van der Waals surface area contributed by atoms with Crippen molar-refractivity contribution in [1.82, 2.24) is 14.9 Å². The molecular formula is C21H23BrN4O2. The number of rotatable bonds is 4. The van der Waals surface area contributed by atoms with Crippen molar-refractivity contribution in [3.05, 3.63) is 53.0 Å². The smallest absolute Gasteiger partial charge is 0.263 e. The van der Waals surface area contributed by atoms with Gasteiger partial charge in [-0.25, -0.2) is 4.98 Å². The molecule has 146 valence electrons. The maximum Gasteiger partial charge on any atom is 0.263 e. The zero-order valence-electron chi connectivity index (χ0n) is 15.8. The van der Waals surface area contributed by atoms with Gasteiger partial charge in [0.05, 0.1) is 15.5 Å². The number of carbonyl (C=O) groups excluding carboxylic acids is 1. The molecule has 2 aromatic carbocycles. The van der Waals surface area contributed by atoms with Crippen molar-refractivity contribution in [3.8, 4) is 5.75 Å². The van der Waals surface area contributed by atoms with Crippen LogP contribution in [0.1, 0.15) is 13.3 Å². The molecule has 1 aliphatic rings. The molecule has 4 rings (SSSR count). The molecule has 2 heterocycles. The van der Waals surface area contributed by atoms with Crippen LogP contribution < -0.4 is 9.64 Å². The molecule has 1 aliphatic heterocycles. The molecule has 1 N–H and O–H groups in total. The van der Waals surface area contributed by atoms with E-state index in [1.165, 1.54) is 0 Å². The lowest BCUT2D eigenvalue weighted by Gasteiger charge is -2.25. The first-order valence-electron chi connectivity index (χ1n) is 9.51. The number of nitrogens with one attached hydrogen (secondary N) is 1. The molecule has 1 aromatic heterocycles. The zero-order chi connectivity index (χ0) is 19.5. The quantitative estimate of drug-likeness (QED) is 0.666. The van der Waals surface area contributed by atoms with E-state index in [4.69, 9.17) is 4.74 Å². The van der Waals surface area contributed by atoms with Gasteiger partial charge in [0.15, 0.2) is 6.10 Å². The Morgan fingerprint density at radius 3 is 2.71 bits per heavy atom. The van der Waals surface area contributed by atoms with Crippen molar-refractivity contribution in [2.75, 3.05) is 31.1 Å². The number of ether oxygens (including phenoxy) is 1. The minimum absolute atomic E-state index is 0.0159. The van der Waals surface area contributed by atoms with Crippen molar-refractivity contribution in [2.45, 2.75) is 19.4 Å². The highest BCUT2D eigenvalue weighted by atomic mass is 79.9. The standard InChI is InChI=1S/C21H23BrN4O2/c1-15(28-19-10-5-2-7-16(19)22)20(27)25-11-6-12-26(14-13-25)21-23-17-8-3-4-9-18(17)24-21/h2-5,7-10,15H,6,11-14H2,1H3,(H,23,24). The van der Waals surface area contributed by atoms with E-state index in [9.17, 15) is 4.79 Å². The Morgan fingerprint density at radius 1 is 1.11 bits per heavy atom. The summed E-state index contributed by atoms with van der Waals surface area (Å²) in [7, 11) is 0. The largest absolute Gasteiger partial charge is 0.480 e. The van der Waals surface area contributed by atoms with Gasteiger partial charge in [-0.2, -0.15) is 0 Å². The number of hydrogen-bond acceptors (Lipinski definition) is 4. The lowest BCUT2D eigenvalue weighted by Crippen LogP contribution is -2.42. The van der Waals surface area contributed by atoms with Crippen LogP contribution in [0.4, 0.5) is 5.95 Å². The van der Waals surface area contributed by atoms with Crippen molar-refractivity contribution in [3.63, 3.8) is 0 Å². The van der Waals surface area contributed by atoms with E-state index >= 15 is 0 Å². The molecule has 1 unspecified atom stereocenters. The third-order valence-corrected chi connectivity index (χ3v) is 5.63. The fraction of sp³-hybridized carbons (Fsp3) is 0.333.